The maximum atomic E-state index is 12.3. The Hall–Kier alpha value is -1.34. The van der Waals surface area contributed by atoms with E-state index in [1.54, 1.807) is 0 Å². The van der Waals surface area contributed by atoms with Gasteiger partial charge in [-0.3, -0.25) is 4.79 Å². The zero-order valence-electron chi connectivity index (χ0n) is 12.5. The van der Waals surface area contributed by atoms with Crippen LogP contribution in [0, 0.1) is 0 Å². The second-order valence-electron chi connectivity index (χ2n) is 5.97. The molecule has 0 unspecified atom stereocenters. The highest BCUT2D eigenvalue weighted by Crippen LogP contribution is 2.31. The van der Waals surface area contributed by atoms with Gasteiger partial charge in [0.05, 0.1) is 0 Å². The topological polar surface area (TPSA) is 74.5 Å². The van der Waals surface area contributed by atoms with Crippen molar-refractivity contribution < 1.29 is 4.79 Å². The number of likely N-dealkylation sites (N-methyl/N-ethyl adjacent to an activating group) is 1. The van der Waals surface area contributed by atoms with Crippen LogP contribution in [0.1, 0.15) is 36.0 Å². The van der Waals surface area contributed by atoms with E-state index in [2.05, 4.69) is 19.5 Å². The summed E-state index contributed by atoms with van der Waals surface area (Å²) in [6, 6.07) is 0.333. The Morgan fingerprint density at radius 1 is 1.48 bits per heavy atom. The van der Waals surface area contributed by atoms with Gasteiger partial charge in [0.2, 0.25) is 0 Å². The summed E-state index contributed by atoms with van der Waals surface area (Å²) in [6.45, 7) is 4.30. The molecule has 21 heavy (non-hydrogen) atoms. The highest BCUT2D eigenvalue weighted by molar-refractivity contribution is 7.11. The summed E-state index contributed by atoms with van der Waals surface area (Å²) in [7, 11) is 2.01. The van der Waals surface area contributed by atoms with E-state index in [4.69, 9.17) is 5.73 Å². The fourth-order valence-electron chi connectivity index (χ4n) is 2.65. The van der Waals surface area contributed by atoms with Gasteiger partial charge in [-0.1, -0.05) is 0 Å². The molecule has 2 aliphatic rings. The highest BCUT2D eigenvalue weighted by Gasteiger charge is 2.28. The Labute approximate surface area is 129 Å². The molecule has 1 aliphatic heterocycles. The van der Waals surface area contributed by atoms with Gasteiger partial charge in [0.25, 0.3) is 5.91 Å². The van der Waals surface area contributed by atoms with E-state index < -0.39 is 0 Å². The number of nitrogen functional groups attached to an aromatic ring is 1. The molecule has 6 nitrogen and oxygen atoms in total. The SMILES string of the molecule is CN(CCN1CCCC1)c1snc(N)c1C(=O)NC1CC1. The predicted octanol–water partition coefficient (Wildman–Crippen LogP) is 1.15. The number of aromatic nitrogens is 1. The molecule has 1 amide bonds. The van der Waals surface area contributed by atoms with Crippen molar-refractivity contribution in [2.75, 3.05) is 43.9 Å². The van der Waals surface area contributed by atoms with E-state index >= 15 is 0 Å². The van der Waals surface area contributed by atoms with Crippen molar-refractivity contribution in [2.45, 2.75) is 31.7 Å². The van der Waals surface area contributed by atoms with Gasteiger partial charge >= 0.3 is 0 Å². The lowest BCUT2D eigenvalue weighted by Crippen LogP contribution is -2.33. The number of nitrogens with zero attached hydrogens (tertiary/aromatic N) is 3. The largest absolute Gasteiger partial charge is 0.382 e. The number of amides is 1. The lowest BCUT2D eigenvalue weighted by molar-refractivity contribution is 0.0952. The minimum Gasteiger partial charge on any atom is -0.382 e. The first kappa shape index (κ1) is 14.6. The van der Waals surface area contributed by atoms with E-state index in [0.29, 0.717) is 17.4 Å². The second-order valence-corrected chi connectivity index (χ2v) is 6.72. The Morgan fingerprint density at radius 3 is 2.86 bits per heavy atom. The molecule has 7 heteroatoms. The van der Waals surface area contributed by atoms with E-state index in [1.807, 2.05) is 7.05 Å². The fourth-order valence-corrected chi connectivity index (χ4v) is 3.45. The maximum Gasteiger partial charge on any atom is 0.258 e. The molecule has 2 heterocycles. The number of nitrogens with two attached hydrogens (primary N) is 1. The van der Waals surface area contributed by atoms with Gasteiger partial charge in [-0.05, 0) is 50.3 Å². The summed E-state index contributed by atoms with van der Waals surface area (Å²) in [5.74, 6) is 0.271. The summed E-state index contributed by atoms with van der Waals surface area (Å²) < 4.78 is 4.17. The Balaban J connectivity index is 1.64. The lowest BCUT2D eigenvalue weighted by atomic mass is 10.2. The van der Waals surface area contributed by atoms with Crippen LogP contribution in [0.4, 0.5) is 10.8 Å². The third-order valence-electron chi connectivity index (χ3n) is 4.14. The highest BCUT2D eigenvalue weighted by atomic mass is 32.1. The minimum atomic E-state index is -0.0771. The molecular weight excluding hydrogens is 286 g/mol. The minimum absolute atomic E-state index is 0.0771. The third kappa shape index (κ3) is 3.47. The Bertz CT molecular complexity index is 507. The van der Waals surface area contributed by atoms with Crippen molar-refractivity contribution in [3.8, 4) is 0 Å². The summed E-state index contributed by atoms with van der Waals surface area (Å²) >= 11 is 1.31. The number of hydrogen-bond donors (Lipinski definition) is 2. The standard InChI is InChI=1S/C14H23N5OS/c1-18(8-9-19-6-2-3-7-19)14-11(12(15)17-21-14)13(20)16-10-4-5-10/h10H,2-9H2,1H3,(H2,15,17)(H,16,20). The number of carbonyl (C=O) groups is 1. The van der Waals surface area contributed by atoms with Crippen molar-refractivity contribution in [1.82, 2.24) is 14.6 Å². The van der Waals surface area contributed by atoms with Crippen molar-refractivity contribution in [3.63, 3.8) is 0 Å². The predicted molar refractivity (Wildman–Crippen MR) is 86.0 cm³/mol. The van der Waals surface area contributed by atoms with Crippen LogP contribution in [0.15, 0.2) is 0 Å². The zero-order chi connectivity index (χ0) is 14.8. The van der Waals surface area contributed by atoms with Crippen LogP contribution < -0.4 is 16.0 Å². The van der Waals surface area contributed by atoms with Gasteiger partial charge in [0.1, 0.15) is 10.6 Å². The number of anilines is 2. The first-order valence-corrected chi connectivity index (χ1v) is 8.42. The van der Waals surface area contributed by atoms with E-state index in [-0.39, 0.29) is 5.91 Å². The van der Waals surface area contributed by atoms with Crippen LogP contribution in [0.25, 0.3) is 0 Å². The molecule has 1 aromatic heterocycles. The molecule has 116 valence electrons. The van der Waals surface area contributed by atoms with Gasteiger partial charge in [-0.25, -0.2) is 0 Å². The van der Waals surface area contributed by atoms with Crippen molar-refractivity contribution in [2.24, 2.45) is 0 Å². The molecule has 1 aliphatic carbocycles. The fraction of sp³-hybridized carbons (Fsp3) is 0.714. The quantitative estimate of drug-likeness (QED) is 0.824. The zero-order valence-corrected chi connectivity index (χ0v) is 13.3. The number of likely N-dealkylation sites (tertiary alicyclic amines) is 1. The van der Waals surface area contributed by atoms with Crippen molar-refractivity contribution >= 4 is 28.3 Å². The number of carbonyl (C=O) groups excluding carboxylic acids is 1. The molecule has 0 bridgehead atoms. The van der Waals surface area contributed by atoms with Crippen molar-refractivity contribution in [1.29, 1.82) is 0 Å². The van der Waals surface area contributed by atoms with Crippen LogP contribution >= 0.6 is 11.5 Å². The first-order chi connectivity index (χ1) is 10.1. The second kappa shape index (κ2) is 6.19. The molecule has 1 aromatic rings. The van der Waals surface area contributed by atoms with Crippen LogP contribution in [0.5, 0.6) is 0 Å². The van der Waals surface area contributed by atoms with Gasteiger partial charge in [-0.2, -0.15) is 4.37 Å². The van der Waals surface area contributed by atoms with Crippen LogP contribution in [0.2, 0.25) is 0 Å². The van der Waals surface area contributed by atoms with E-state index in [9.17, 15) is 4.79 Å². The summed E-state index contributed by atoms with van der Waals surface area (Å²) in [5.41, 5.74) is 6.45. The van der Waals surface area contributed by atoms with Gasteiger partial charge in [0.15, 0.2) is 5.82 Å². The molecule has 0 aromatic carbocycles. The smallest absolute Gasteiger partial charge is 0.258 e. The Morgan fingerprint density at radius 2 is 2.19 bits per heavy atom. The normalized spacial score (nSPS) is 18.9. The molecule has 0 atom stereocenters. The number of rotatable bonds is 6. The molecule has 1 saturated heterocycles. The molecule has 2 fully saturated rings. The molecule has 3 rings (SSSR count). The van der Waals surface area contributed by atoms with E-state index in [1.165, 1.54) is 37.5 Å². The summed E-state index contributed by atoms with van der Waals surface area (Å²) in [4.78, 5) is 16.9. The van der Waals surface area contributed by atoms with Gasteiger partial charge in [-0.15, -0.1) is 0 Å². The van der Waals surface area contributed by atoms with Crippen LogP contribution in [-0.2, 0) is 0 Å². The van der Waals surface area contributed by atoms with Crippen LogP contribution in [-0.4, -0.2) is 54.4 Å². The van der Waals surface area contributed by atoms with Crippen LogP contribution in [0.3, 0.4) is 0 Å². The van der Waals surface area contributed by atoms with Crippen molar-refractivity contribution in [3.05, 3.63) is 5.56 Å². The Kier molecular flexibility index (Phi) is 4.30. The molecule has 0 spiro atoms. The molecule has 1 saturated carbocycles. The molecule has 3 N–H and O–H groups in total. The maximum absolute atomic E-state index is 12.3. The average Bonchev–Trinajstić information content (AvgIpc) is 2.98. The number of nitrogens with one attached hydrogen (secondary N) is 1. The first-order valence-electron chi connectivity index (χ1n) is 7.64. The lowest BCUT2D eigenvalue weighted by Gasteiger charge is -2.22. The molecular formula is C14H23N5OS. The average molecular weight is 309 g/mol. The summed E-state index contributed by atoms with van der Waals surface area (Å²) in [5, 5.41) is 3.88. The third-order valence-corrected chi connectivity index (χ3v) is 5.11. The monoisotopic (exact) mass is 309 g/mol. The summed E-state index contributed by atoms with van der Waals surface area (Å²) in [6.07, 6.45) is 4.74. The van der Waals surface area contributed by atoms with E-state index in [0.717, 1.165) is 30.9 Å². The molecule has 0 radical (unpaired) electrons. The number of hydrogen-bond acceptors (Lipinski definition) is 6. The van der Waals surface area contributed by atoms with Gasteiger partial charge in [0, 0.05) is 26.2 Å². The van der Waals surface area contributed by atoms with Gasteiger partial charge < -0.3 is 20.9 Å².